The highest BCUT2D eigenvalue weighted by Crippen LogP contribution is 2.35. The molecule has 0 spiro atoms. The summed E-state index contributed by atoms with van der Waals surface area (Å²) >= 11 is 0. The van der Waals surface area contributed by atoms with E-state index in [0.29, 0.717) is 11.5 Å². The van der Waals surface area contributed by atoms with Crippen LogP contribution in [0.2, 0.25) is 0 Å². The van der Waals surface area contributed by atoms with Crippen LogP contribution in [-0.4, -0.2) is 55.6 Å². The lowest BCUT2D eigenvalue weighted by Gasteiger charge is -2.44. The molecule has 3 heteroatoms. The summed E-state index contributed by atoms with van der Waals surface area (Å²) in [5.74, 6) is 0. The van der Waals surface area contributed by atoms with Gasteiger partial charge < -0.3 is 10.6 Å². The zero-order chi connectivity index (χ0) is 13.0. The van der Waals surface area contributed by atoms with Crippen molar-refractivity contribution in [3.8, 4) is 0 Å². The van der Waals surface area contributed by atoms with Crippen molar-refractivity contribution in [3.63, 3.8) is 0 Å². The van der Waals surface area contributed by atoms with Crippen molar-refractivity contribution >= 4 is 0 Å². The van der Waals surface area contributed by atoms with E-state index in [9.17, 15) is 0 Å². The van der Waals surface area contributed by atoms with Gasteiger partial charge in [0.2, 0.25) is 0 Å². The van der Waals surface area contributed by atoms with Crippen LogP contribution in [0.1, 0.15) is 45.4 Å². The molecule has 2 fully saturated rings. The van der Waals surface area contributed by atoms with E-state index in [4.69, 9.17) is 5.73 Å². The van der Waals surface area contributed by atoms with Crippen LogP contribution in [0.5, 0.6) is 0 Å². The molecule has 0 amide bonds. The van der Waals surface area contributed by atoms with Gasteiger partial charge >= 0.3 is 0 Å². The van der Waals surface area contributed by atoms with E-state index >= 15 is 0 Å². The molecule has 1 heterocycles. The van der Waals surface area contributed by atoms with Crippen LogP contribution in [0.4, 0.5) is 0 Å². The van der Waals surface area contributed by atoms with Gasteiger partial charge in [0, 0.05) is 32.2 Å². The van der Waals surface area contributed by atoms with E-state index < -0.39 is 0 Å². The Kier molecular flexibility index (Phi) is 5.05. The number of likely N-dealkylation sites (N-methyl/N-ethyl adjacent to an activating group) is 1. The Balaban J connectivity index is 1.96. The Morgan fingerprint density at radius 1 is 1.11 bits per heavy atom. The average Bonchev–Trinajstić information content (AvgIpc) is 2.59. The standard InChI is InChI=1S/C15H31N3/c1-14-11-17(2)9-10-18(14)13-15(12-16)7-5-3-4-6-8-15/h14H,3-13,16H2,1-2H3. The molecule has 2 aliphatic rings. The maximum absolute atomic E-state index is 6.16. The molecule has 0 aromatic heterocycles. The lowest BCUT2D eigenvalue weighted by Crippen LogP contribution is -2.54. The Labute approximate surface area is 113 Å². The molecule has 2 N–H and O–H groups in total. The first-order valence-corrected chi connectivity index (χ1v) is 7.78. The van der Waals surface area contributed by atoms with E-state index in [-0.39, 0.29) is 0 Å². The van der Waals surface area contributed by atoms with Crippen LogP contribution in [0.25, 0.3) is 0 Å². The highest BCUT2D eigenvalue weighted by atomic mass is 15.3. The van der Waals surface area contributed by atoms with Crippen molar-refractivity contribution in [2.75, 3.05) is 39.8 Å². The van der Waals surface area contributed by atoms with Gasteiger partial charge in [-0.25, -0.2) is 0 Å². The number of hydrogen-bond acceptors (Lipinski definition) is 3. The van der Waals surface area contributed by atoms with Crippen LogP contribution >= 0.6 is 0 Å². The first-order valence-electron chi connectivity index (χ1n) is 7.78. The first-order chi connectivity index (χ1) is 8.65. The van der Waals surface area contributed by atoms with Gasteiger partial charge in [-0.1, -0.05) is 25.7 Å². The molecule has 3 nitrogen and oxygen atoms in total. The second-order valence-electron chi connectivity index (χ2n) is 6.70. The monoisotopic (exact) mass is 253 g/mol. The van der Waals surface area contributed by atoms with Crippen LogP contribution in [0, 0.1) is 5.41 Å². The number of nitrogens with two attached hydrogens (primary N) is 1. The van der Waals surface area contributed by atoms with Crippen molar-refractivity contribution in [1.82, 2.24) is 9.80 Å². The van der Waals surface area contributed by atoms with E-state index in [2.05, 4.69) is 23.8 Å². The van der Waals surface area contributed by atoms with Crippen LogP contribution in [0.3, 0.4) is 0 Å². The fraction of sp³-hybridized carbons (Fsp3) is 1.00. The minimum Gasteiger partial charge on any atom is -0.330 e. The van der Waals surface area contributed by atoms with Crippen molar-refractivity contribution in [2.45, 2.75) is 51.5 Å². The summed E-state index contributed by atoms with van der Waals surface area (Å²) in [5, 5.41) is 0. The minimum atomic E-state index is 0.417. The van der Waals surface area contributed by atoms with Crippen molar-refractivity contribution < 1.29 is 0 Å². The third kappa shape index (κ3) is 3.46. The number of hydrogen-bond donors (Lipinski definition) is 1. The molecule has 1 unspecified atom stereocenters. The smallest absolute Gasteiger partial charge is 0.0195 e. The van der Waals surface area contributed by atoms with Gasteiger partial charge in [-0.05, 0) is 38.8 Å². The van der Waals surface area contributed by atoms with E-state index in [0.717, 1.165) is 6.54 Å². The Morgan fingerprint density at radius 2 is 1.78 bits per heavy atom. The van der Waals surface area contributed by atoms with Gasteiger partial charge in [-0.15, -0.1) is 0 Å². The van der Waals surface area contributed by atoms with Gasteiger partial charge in [-0.3, -0.25) is 4.90 Å². The van der Waals surface area contributed by atoms with Gasteiger partial charge in [0.05, 0.1) is 0 Å². The van der Waals surface area contributed by atoms with Crippen molar-refractivity contribution in [2.24, 2.45) is 11.1 Å². The lowest BCUT2D eigenvalue weighted by molar-refractivity contribution is 0.0501. The molecular weight excluding hydrogens is 222 g/mol. The Bertz CT molecular complexity index is 246. The molecule has 2 rings (SSSR count). The maximum atomic E-state index is 6.16. The first kappa shape index (κ1) is 14.3. The predicted octanol–water partition coefficient (Wildman–Crippen LogP) is 1.92. The number of piperazine rings is 1. The summed E-state index contributed by atoms with van der Waals surface area (Å²) in [6.07, 6.45) is 8.31. The number of nitrogens with zero attached hydrogens (tertiary/aromatic N) is 2. The Morgan fingerprint density at radius 3 is 2.33 bits per heavy atom. The summed E-state index contributed by atoms with van der Waals surface area (Å²) in [5.41, 5.74) is 6.58. The van der Waals surface area contributed by atoms with E-state index in [1.165, 1.54) is 64.7 Å². The van der Waals surface area contributed by atoms with Crippen molar-refractivity contribution in [1.29, 1.82) is 0 Å². The summed E-state index contributed by atoms with van der Waals surface area (Å²) in [7, 11) is 2.23. The lowest BCUT2D eigenvalue weighted by atomic mass is 9.79. The highest BCUT2D eigenvalue weighted by Gasteiger charge is 2.34. The molecule has 1 saturated carbocycles. The third-order valence-electron chi connectivity index (χ3n) is 5.10. The molecule has 106 valence electrons. The molecule has 0 bridgehead atoms. The minimum absolute atomic E-state index is 0.417. The van der Waals surface area contributed by atoms with E-state index in [1.54, 1.807) is 0 Å². The molecular formula is C15H31N3. The number of rotatable bonds is 3. The average molecular weight is 253 g/mol. The molecule has 0 aromatic rings. The largest absolute Gasteiger partial charge is 0.330 e. The second-order valence-corrected chi connectivity index (χ2v) is 6.70. The van der Waals surface area contributed by atoms with Crippen molar-refractivity contribution in [3.05, 3.63) is 0 Å². The van der Waals surface area contributed by atoms with Gasteiger partial charge in [-0.2, -0.15) is 0 Å². The van der Waals surface area contributed by atoms with Crippen LogP contribution < -0.4 is 5.73 Å². The van der Waals surface area contributed by atoms with Gasteiger partial charge in [0.25, 0.3) is 0 Å². The molecule has 0 radical (unpaired) electrons. The third-order valence-corrected chi connectivity index (χ3v) is 5.10. The molecule has 1 atom stereocenters. The highest BCUT2D eigenvalue weighted by molar-refractivity contribution is 4.89. The summed E-state index contributed by atoms with van der Waals surface area (Å²) in [6.45, 7) is 8.13. The predicted molar refractivity (Wildman–Crippen MR) is 77.7 cm³/mol. The molecule has 18 heavy (non-hydrogen) atoms. The second kappa shape index (κ2) is 6.36. The van der Waals surface area contributed by atoms with Gasteiger partial charge in [0.1, 0.15) is 0 Å². The fourth-order valence-electron chi connectivity index (χ4n) is 3.75. The van der Waals surface area contributed by atoms with Gasteiger partial charge in [0.15, 0.2) is 0 Å². The zero-order valence-electron chi connectivity index (χ0n) is 12.3. The topological polar surface area (TPSA) is 32.5 Å². The molecule has 0 aromatic carbocycles. The Hall–Kier alpha value is -0.120. The fourth-order valence-corrected chi connectivity index (χ4v) is 3.75. The molecule has 1 aliphatic carbocycles. The zero-order valence-corrected chi connectivity index (χ0v) is 12.3. The summed E-state index contributed by atoms with van der Waals surface area (Å²) < 4.78 is 0. The normalized spacial score (nSPS) is 31.2. The van der Waals surface area contributed by atoms with E-state index in [1.807, 2.05) is 0 Å². The summed E-state index contributed by atoms with van der Waals surface area (Å²) in [6, 6.07) is 0.690. The molecule has 1 aliphatic heterocycles. The molecule has 1 saturated heterocycles. The quantitative estimate of drug-likeness (QED) is 0.780. The summed E-state index contributed by atoms with van der Waals surface area (Å²) in [4.78, 5) is 5.14. The maximum Gasteiger partial charge on any atom is 0.0195 e. The van der Waals surface area contributed by atoms with Crippen LogP contribution in [0.15, 0.2) is 0 Å². The SMILES string of the molecule is CC1CN(C)CCN1CC1(CN)CCCCCC1. The van der Waals surface area contributed by atoms with Crippen LogP contribution in [-0.2, 0) is 0 Å².